The van der Waals surface area contributed by atoms with Crippen LogP contribution in [-0.2, 0) is 0 Å². The zero-order valence-corrected chi connectivity index (χ0v) is 12.2. The summed E-state index contributed by atoms with van der Waals surface area (Å²) in [5.74, 6) is 5.11. The molecule has 0 aliphatic carbocycles. The zero-order valence-electron chi connectivity index (χ0n) is 11.4. The molecule has 0 unspecified atom stereocenters. The van der Waals surface area contributed by atoms with Gasteiger partial charge in [-0.25, -0.2) is 9.97 Å². The Hall–Kier alpha value is -0.970. The maximum atomic E-state index is 5.97. The molecule has 1 saturated heterocycles. The monoisotopic (exact) mass is 266 g/mol. The highest BCUT2D eigenvalue weighted by Crippen LogP contribution is 2.25. The van der Waals surface area contributed by atoms with Crippen LogP contribution < -0.4 is 11.1 Å². The highest BCUT2D eigenvalue weighted by molar-refractivity contribution is 7.99. The summed E-state index contributed by atoms with van der Waals surface area (Å²) in [4.78, 5) is 8.97. The number of nitrogens with one attached hydrogen (secondary N) is 1. The maximum Gasteiger partial charge on any atom is 0.135 e. The molecule has 0 spiro atoms. The van der Waals surface area contributed by atoms with Gasteiger partial charge in [0.2, 0.25) is 0 Å². The van der Waals surface area contributed by atoms with Crippen LogP contribution in [-0.4, -0.2) is 27.5 Å². The lowest BCUT2D eigenvalue weighted by Crippen LogP contribution is -2.26. The summed E-state index contributed by atoms with van der Waals surface area (Å²) in [5.41, 5.74) is 6.94. The van der Waals surface area contributed by atoms with Gasteiger partial charge in [-0.3, -0.25) is 0 Å². The predicted molar refractivity (Wildman–Crippen MR) is 79.2 cm³/mol. The lowest BCUT2D eigenvalue weighted by atomic mass is 10.1. The van der Waals surface area contributed by atoms with Crippen molar-refractivity contribution in [1.82, 2.24) is 9.97 Å². The Kier molecular flexibility index (Phi) is 4.32. The molecule has 2 rings (SSSR count). The fraction of sp³-hybridized carbons (Fsp3) is 0.692. The lowest BCUT2D eigenvalue weighted by molar-refractivity contribution is 0.659. The first-order chi connectivity index (χ1) is 8.58. The molecule has 4 nitrogen and oxygen atoms in total. The summed E-state index contributed by atoms with van der Waals surface area (Å²) in [7, 11) is 0. The van der Waals surface area contributed by atoms with Crippen LogP contribution in [0.1, 0.15) is 44.0 Å². The van der Waals surface area contributed by atoms with Gasteiger partial charge in [-0.1, -0.05) is 13.8 Å². The molecule has 0 atom stereocenters. The Morgan fingerprint density at radius 1 is 1.28 bits per heavy atom. The second kappa shape index (κ2) is 5.78. The first-order valence-electron chi connectivity index (χ1n) is 6.56. The average molecular weight is 266 g/mol. The van der Waals surface area contributed by atoms with Crippen LogP contribution in [0.2, 0.25) is 0 Å². The first-order valence-corrected chi connectivity index (χ1v) is 7.71. The van der Waals surface area contributed by atoms with E-state index in [9.17, 15) is 0 Å². The van der Waals surface area contributed by atoms with Gasteiger partial charge in [-0.15, -0.1) is 0 Å². The highest BCUT2D eigenvalue weighted by Gasteiger charge is 2.17. The van der Waals surface area contributed by atoms with Gasteiger partial charge in [-0.2, -0.15) is 11.8 Å². The second-order valence-corrected chi connectivity index (χ2v) is 6.35. The van der Waals surface area contributed by atoms with Crippen molar-refractivity contribution in [3.05, 3.63) is 11.4 Å². The number of nitrogens with two attached hydrogens (primary N) is 1. The highest BCUT2D eigenvalue weighted by atomic mass is 32.2. The van der Waals surface area contributed by atoms with Crippen molar-refractivity contribution < 1.29 is 0 Å². The third-order valence-electron chi connectivity index (χ3n) is 3.28. The van der Waals surface area contributed by atoms with Gasteiger partial charge in [0.15, 0.2) is 0 Å². The number of hydrogen-bond acceptors (Lipinski definition) is 5. The predicted octanol–water partition coefficient (Wildman–Crippen LogP) is 2.80. The molecule has 0 radical (unpaired) electrons. The molecule has 1 aromatic rings. The Labute approximate surface area is 113 Å². The third-order valence-corrected chi connectivity index (χ3v) is 4.33. The standard InChI is InChI=1S/C13H22N4S/c1-8(2)12-16-11(14)9(3)13(17-12)15-10-4-6-18-7-5-10/h8,10H,4-7H2,1-3H3,(H3,14,15,16,17). The van der Waals surface area contributed by atoms with Crippen molar-refractivity contribution in [2.45, 2.75) is 45.6 Å². The molecule has 3 N–H and O–H groups in total. The van der Waals surface area contributed by atoms with Crippen molar-refractivity contribution in [1.29, 1.82) is 0 Å². The summed E-state index contributed by atoms with van der Waals surface area (Å²) in [6.45, 7) is 6.16. The minimum absolute atomic E-state index is 0.301. The van der Waals surface area contributed by atoms with Crippen LogP contribution in [0, 0.1) is 6.92 Å². The normalized spacial score (nSPS) is 17.1. The van der Waals surface area contributed by atoms with E-state index >= 15 is 0 Å². The van der Waals surface area contributed by atoms with Crippen LogP contribution >= 0.6 is 11.8 Å². The molecular weight excluding hydrogens is 244 g/mol. The van der Waals surface area contributed by atoms with Crippen molar-refractivity contribution in [2.75, 3.05) is 22.6 Å². The molecule has 2 heterocycles. The van der Waals surface area contributed by atoms with Crippen LogP contribution in [0.25, 0.3) is 0 Å². The number of rotatable bonds is 3. The Bertz CT molecular complexity index is 414. The van der Waals surface area contributed by atoms with Gasteiger partial charge in [-0.05, 0) is 31.3 Å². The molecule has 18 heavy (non-hydrogen) atoms. The first kappa shape index (κ1) is 13.5. The molecule has 1 aliphatic heterocycles. The number of hydrogen-bond donors (Lipinski definition) is 2. The van der Waals surface area contributed by atoms with E-state index in [1.165, 1.54) is 24.3 Å². The molecule has 1 fully saturated rings. The van der Waals surface area contributed by atoms with Gasteiger partial charge in [0.05, 0.1) is 0 Å². The maximum absolute atomic E-state index is 5.97. The zero-order chi connectivity index (χ0) is 13.1. The second-order valence-electron chi connectivity index (χ2n) is 5.13. The number of anilines is 2. The largest absolute Gasteiger partial charge is 0.383 e. The molecule has 1 aromatic heterocycles. The van der Waals surface area contributed by atoms with Gasteiger partial charge in [0.25, 0.3) is 0 Å². The number of nitrogens with zero attached hydrogens (tertiary/aromatic N) is 2. The number of nitrogen functional groups attached to an aromatic ring is 1. The fourth-order valence-corrected chi connectivity index (χ4v) is 3.09. The van der Waals surface area contributed by atoms with Gasteiger partial charge < -0.3 is 11.1 Å². The van der Waals surface area contributed by atoms with Crippen molar-refractivity contribution in [3.63, 3.8) is 0 Å². The van der Waals surface area contributed by atoms with Gasteiger partial charge >= 0.3 is 0 Å². The topological polar surface area (TPSA) is 63.8 Å². The van der Waals surface area contributed by atoms with E-state index in [-0.39, 0.29) is 0 Å². The Morgan fingerprint density at radius 3 is 2.56 bits per heavy atom. The quantitative estimate of drug-likeness (QED) is 0.880. The molecule has 0 amide bonds. The summed E-state index contributed by atoms with van der Waals surface area (Å²) < 4.78 is 0. The molecule has 0 aromatic carbocycles. The summed E-state index contributed by atoms with van der Waals surface area (Å²) in [6.07, 6.45) is 2.40. The Balaban J connectivity index is 2.19. The van der Waals surface area contributed by atoms with Crippen LogP contribution in [0.5, 0.6) is 0 Å². The van der Waals surface area contributed by atoms with E-state index < -0.39 is 0 Å². The number of thioether (sulfide) groups is 1. The summed E-state index contributed by atoms with van der Waals surface area (Å²) in [5, 5.41) is 3.54. The molecule has 5 heteroatoms. The van der Waals surface area contributed by atoms with E-state index in [0.717, 1.165) is 17.2 Å². The molecule has 0 saturated carbocycles. The molecule has 100 valence electrons. The van der Waals surface area contributed by atoms with E-state index in [4.69, 9.17) is 5.73 Å². The fourth-order valence-electron chi connectivity index (χ4n) is 1.99. The van der Waals surface area contributed by atoms with E-state index in [1.54, 1.807) is 0 Å². The molecular formula is C13H22N4S. The van der Waals surface area contributed by atoms with Crippen LogP contribution in [0.15, 0.2) is 0 Å². The van der Waals surface area contributed by atoms with Crippen molar-refractivity contribution in [3.8, 4) is 0 Å². The minimum atomic E-state index is 0.301. The van der Waals surface area contributed by atoms with Gasteiger partial charge in [0.1, 0.15) is 17.5 Å². The smallest absolute Gasteiger partial charge is 0.135 e. The minimum Gasteiger partial charge on any atom is -0.383 e. The van der Waals surface area contributed by atoms with E-state index in [2.05, 4.69) is 29.1 Å². The van der Waals surface area contributed by atoms with Gasteiger partial charge in [0, 0.05) is 17.5 Å². The third kappa shape index (κ3) is 3.07. The molecule has 0 bridgehead atoms. The van der Waals surface area contributed by atoms with Crippen molar-refractivity contribution >= 4 is 23.4 Å². The lowest BCUT2D eigenvalue weighted by Gasteiger charge is -2.24. The van der Waals surface area contributed by atoms with E-state index in [1.807, 2.05) is 18.7 Å². The SMILES string of the molecule is Cc1c(N)nc(C(C)C)nc1NC1CCSCC1. The summed E-state index contributed by atoms with van der Waals surface area (Å²) >= 11 is 2.03. The van der Waals surface area contributed by atoms with E-state index in [0.29, 0.717) is 17.8 Å². The van der Waals surface area contributed by atoms with Crippen molar-refractivity contribution in [2.24, 2.45) is 0 Å². The Morgan fingerprint density at radius 2 is 1.94 bits per heavy atom. The van der Waals surface area contributed by atoms with Crippen LogP contribution in [0.4, 0.5) is 11.6 Å². The van der Waals surface area contributed by atoms with Crippen LogP contribution in [0.3, 0.4) is 0 Å². The molecule has 1 aliphatic rings. The number of aromatic nitrogens is 2. The summed E-state index contributed by atoms with van der Waals surface area (Å²) in [6, 6.07) is 0.527. The average Bonchev–Trinajstić information content (AvgIpc) is 2.35.